The van der Waals surface area contributed by atoms with Gasteiger partial charge in [-0.05, 0) is 42.4 Å². The van der Waals surface area contributed by atoms with E-state index in [0.717, 1.165) is 0 Å². The lowest BCUT2D eigenvalue weighted by atomic mass is 10.0. The van der Waals surface area contributed by atoms with Crippen molar-refractivity contribution in [2.24, 2.45) is 0 Å². The number of nitrogens with one attached hydrogen (secondary N) is 1. The lowest BCUT2D eigenvalue weighted by molar-refractivity contribution is -0.115. The normalized spacial score (nSPS) is 17.5. The van der Waals surface area contributed by atoms with E-state index in [0.29, 0.717) is 16.9 Å². The molecule has 0 aliphatic heterocycles. The predicted molar refractivity (Wildman–Crippen MR) is 114 cm³/mol. The van der Waals surface area contributed by atoms with Gasteiger partial charge < -0.3 is 16.2 Å². The monoisotopic (exact) mass is 404 g/mol. The predicted octanol–water partition coefficient (Wildman–Crippen LogP) is 4.35. The second-order valence-electron chi connectivity index (χ2n) is 5.83. The van der Waals surface area contributed by atoms with Gasteiger partial charge in [0.25, 0.3) is 0 Å². The topological polar surface area (TPSA) is 88.2 Å². The first-order valence-corrected chi connectivity index (χ1v) is 9.34. The van der Waals surface area contributed by atoms with Gasteiger partial charge >= 0.3 is 0 Å². The molecular formula is C22H25N3O2S. The summed E-state index contributed by atoms with van der Waals surface area (Å²) in [6.45, 7) is 0. The molecule has 3 rings (SSSR count). The molecule has 0 aliphatic rings. The number of benzene rings is 2. The summed E-state index contributed by atoms with van der Waals surface area (Å²) in [4.78, 5) is 16.4. The van der Waals surface area contributed by atoms with Gasteiger partial charge in [0.2, 0.25) is 5.91 Å². The number of hydrogen-bond acceptors (Lipinski definition) is 5. The number of carbonyl (C=O) groups excluding carboxylic acids is 1. The Kier molecular flexibility index (Phi) is 4.05. The van der Waals surface area contributed by atoms with Gasteiger partial charge in [-0.15, -0.1) is 11.3 Å². The van der Waals surface area contributed by atoms with E-state index in [1.165, 1.54) is 0 Å². The Morgan fingerprint density at radius 3 is 2.71 bits per heavy atom. The summed E-state index contributed by atoms with van der Waals surface area (Å²) in [6.07, 6.45) is -6.25. The van der Waals surface area contributed by atoms with E-state index in [-0.39, 0.29) is 28.9 Å². The number of nitrogens with zero attached hydrogens (tertiary/aromatic N) is 1. The van der Waals surface area contributed by atoms with Gasteiger partial charge in [-0.2, -0.15) is 0 Å². The molecule has 0 spiro atoms. The molecule has 0 radical (unpaired) electrons. The first-order chi connectivity index (χ1) is 17.2. The molecule has 146 valence electrons. The van der Waals surface area contributed by atoms with Crippen LogP contribution in [0.1, 0.15) is 54.5 Å². The maximum atomic E-state index is 12.7. The Bertz CT molecular complexity index is 1270. The second kappa shape index (κ2) is 10.0. The summed E-state index contributed by atoms with van der Waals surface area (Å²) in [5.41, 5.74) is 4.78. The first kappa shape index (κ1) is 11.3. The molecule has 1 aromatic heterocycles. The summed E-state index contributed by atoms with van der Waals surface area (Å²) in [5, 5.41) is 11.9. The molecule has 1 amide bonds. The number of aromatic nitrogens is 1. The van der Waals surface area contributed by atoms with E-state index in [1.54, 1.807) is 30.3 Å². The molecular weight excluding hydrogens is 370 g/mol. The van der Waals surface area contributed by atoms with Crippen molar-refractivity contribution < 1.29 is 22.2 Å². The van der Waals surface area contributed by atoms with Crippen molar-refractivity contribution in [2.45, 2.75) is 38.1 Å². The number of aliphatic hydroxyl groups excluding tert-OH is 1. The van der Waals surface area contributed by atoms with Gasteiger partial charge in [-0.25, -0.2) is 4.98 Å². The number of amides is 1. The fourth-order valence-electron chi connectivity index (χ4n) is 2.35. The van der Waals surface area contributed by atoms with Crippen LogP contribution in [0.15, 0.2) is 59.9 Å². The van der Waals surface area contributed by atoms with E-state index in [2.05, 4.69) is 10.3 Å². The number of rotatable bonds is 9. The highest BCUT2D eigenvalue weighted by Gasteiger charge is 2.08. The fourth-order valence-corrected chi connectivity index (χ4v) is 2.78. The largest absolute Gasteiger partial charge is 0.388 e. The van der Waals surface area contributed by atoms with Gasteiger partial charge in [0.1, 0.15) is 0 Å². The number of nitrogens with two attached hydrogens (primary N) is 1. The smallest absolute Gasteiger partial charge is 0.230 e. The van der Waals surface area contributed by atoms with Crippen molar-refractivity contribution in [2.75, 3.05) is 11.1 Å². The first-order valence-electron chi connectivity index (χ1n) is 13.0. The van der Waals surface area contributed by atoms with Crippen LogP contribution in [0, 0.1) is 0 Å². The maximum Gasteiger partial charge on any atom is 0.230 e. The van der Waals surface area contributed by atoms with E-state index in [9.17, 15) is 9.90 Å². The minimum absolute atomic E-state index is 0.0709. The molecule has 1 heterocycles. The molecule has 3 aromatic rings. The molecule has 0 saturated heterocycles. The van der Waals surface area contributed by atoms with Crippen LogP contribution in [0.4, 0.5) is 10.8 Å². The number of aliphatic hydroxyl groups is 1. The summed E-state index contributed by atoms with van der Waals surface area (Å²) in [5.74, 6) is -1.36. The zero-order valence-electron chi connectivity index (χ0n) is 23.9. The van der Waals surface area contributed by atoms with Crippen molar-refractivity contribution in [1.82, 2.24) is 4.98 Å². The molecule has 0 bridgehead atoms. The average molecular weight is 405 g/mol. The lowest BCUT2D eigenvalue weighted by Gasteiger charge is -2.10. The fraction of sp³-hybridized carbons (Fsp3) is 0.273. The Labute approximate surface area is 181 Å². The minimum Gasteiger partial charge on any atom is -0.388 e. The van der Waals surface area contributed by atoms with Gasteiger partial charge in [0.05, 0.1) is 25.0 Å². The zero-order valence-corrected chi connectivity index (χ0v) is 15.7. The van der Waals surface area contributed by atoms with Crippen LogP contribution in [-0.2, 0) is 17.6 Å². The van der Waals surface area contributed by atoms with Crippen LogP contribution in [0.25, 0.3) is 0 Å². The molecule has 1 atom stereocenters. The van der Waals surface area contributed by atoms with Crippen molar-refractivity contribution in [3.05, 3.63) is 76.7 Å². The lowest BCUT2D eigenvalue weighted by Crippen LogP contribution is -2.14. The molecule has 0 aliphatic carbocycles. The summed E-state index contributed by atoms with van der Waals surface area (Å²) in [7, 11) is 0. The summed E-state index contributed by atoms with van der Waals surface area (Å²) >= 11 is 0.671. The highest BCUT2D eigenvalue weighted by Crippen LogP contribution is 2.20. The highest BCUT2D eigenvalue weighted by molar-refractivity contribution is 7.13. The van der Waals surface area contributed by atoms with Crippen LogP contribution in [0.5, 0.6) is 0 Å². The van der Waals surface area contributed by atoms with Crippen LogP contribution in [-0.4, -0.2) is 16.0 Å². The number of carbonyl (C=O) groups is 1. The molecule has 6 heteroatoms. The Morgan fingerprint density at radius 2 is 2.04 bits per heavy atom. The SMILES string of the molecule is [2H]c1sc(N)nc1C([2H])([2H])C(=O)Nc1c([2H])c([2H])c(CC([2H])([2H])CC[C@H](O)c2ccccc2)c([2H])c1[2H]. The van der Waals surface area contributed by atoms with E-state index in [1.807, 2.05) is 0 Å². The molecule has 4 N–H and O–H groups in total. The maximum absolute atomic E-state index is 12.7. The summed E-state index contributed by atoms with van der Waals surface area (Å²) < 4.78 is 73.7. The number of thiazole rings is 1. The van der Waals surface area contributed by atoms with Gasteiger partial charge in [0, 0.05) is 16.5 Å². The van der Waals surface area contributed by atoms with Crippen LogP contribution in [0.2, 0.25) is 0 Å². The van der Waals surface area contributed by atoms with E-state index in [4.69, 9.17) is 18.1 Å². The van der Waals surface area contributed by atoms with Crippen LogP contribution >= 0.6 is 11.3 Å². The highest BCUT2D eigenvalue weighted by atomic mass is 32.1. The molecule has 0 unspecified atom stereocenters. The Balaban J connectivity index is 1.82. The van der Waals surface area contributed by atoms with Crippen molar-refractivity contribution in [1.29, 1.82) is 0 Å². The zero-order chi connectivity index (χ0) is 27.7. The van der Waals surface area contributed by atoms with Crippen molar-refractivity contribution in [3.8, 4) is 0 Å². The second-order valence-corrected chi connectivity index (χ2v) is 6.65. The van der Waals surface area contributed by atoms with E-state index >= 15 is 0 Å². The molecule has 0 fully saturated rings. The molecule has 2 aromatic carbocycles. The average Bonchev–Trinajstić information content (AvgIpc) is 3.20. The van der Waals surface area contributed by atoms with Gasteiger partial charge in [0.15, 0.2) is 5.13 Å². The minimum atomic E-state index is -2.84. The molecule has 28 heavy (non-hydrogen) atoms. The standard InChI is InChI=1S/C22H25N3O2S/c23-22-25-19(15-28-22)14-21(27)24-18-12-10-16(11-13-18)6-4-5-9-20(26)17-7-2-1-3-8-17/h1-3,7-8,10-13,15,20,26H,4-6,9,14H2,(H2,23,25)(H,24,27)/t20-/m0/s1/i4D2,10D,11D,12D,13D,14D2,15D. The third kappa shape index (κ3) is 6.18. The number of nitrogen functional groups attached to an aromatic ring is 1. The van der Waals surface area contributed by atoms with Gasteiger partial charge in [-0.3, -0.25) is 4.79 Å². The Hall–Kier alpha value is -2.70. The van der Waals surface area contributed by atoms with Gasteiger partial charge in [-0.1, -0.05) is 48.8 Å². The molecule has 5 nitrogen and oxygen atoms in total. The summed E-state index contributed by atoms with van der Waals surface area (Å²) in [6, 6.07) is 6.21. The number of anilines is 2. The van der Waals surface area contributed by atoms with Crippen molar-refractivity contribution >= 4 is 28.1 Å². The van der Waals surface area contributed by atoms with Crippen LogP contribution in [0.3, 0.4) is 0 Å². The number of hydrogen-bond donors (Lipinski definition) is 3. The Morgan fingerprint density at radius 1 is 1.29 bits per heavy atom. The molecule has 0 saturated carbocycles. The van der Waals surface area contributed by atoms with Crippen molar-refractivity contribution in [3.63, 3.8) is 0 Å². The quantitative estimate of drug-likeness (QED) is 0.495. The van der Waals surface area contributed by atoms with E-state index < -0.39 is 66.7 Å². The van der Waals surface area contributed by atoms with Crippen LogP contribution < -0.4 is 11.1 Å². The third-order valence-corrected chi connectivity index (χ3v) is 4.30. The third-order valence-electron chi connectivity index (χ3n) is 3.70.